The number of hydrogen-bond donors (Lipinski definition) is 1. The maximum Gasteiger partial charge on any atom is 0.365 e. The predicted molar refractivity (Wildman–Crippen MR) is 53.1 cm³/mol. The molecule has 0 spiro atoms. The van der Waals surface area contributed by atoms with Gasteiger partial charge in [0.1, 0.15) is 0 Å². The minimum absolute atomic E-state index is 0.320. The summed E-state index contributed by atoms with van der Waals surface area (Å²) in [6, 6.07) is 4.54. The van der Waals surface area contributed by atoms with Crippen molar-refractivity contribution in [3.63, 3.8) is 0 Å². The number of carboxylic acids is 1. The highest BCUT2D eigenvalue weighted by Gasteiger charge is 2.11. The summed E-state index contributed by atoms with van der Waals surface area (Å²) in [5, 5.41) is 9.33. The largest absolute Gasteiger partial charge is 0.480 e. The zero-order valence-corrected chi connectivity index (χ0v) is 8.19. The van der Waals surface area contributed by atoms with Gasteiger partial charge in [-0.1, -0.05) is 11.6 Å². The molecule has 0 atom stereocenters. The summed E-state index contributed by atoms with van der Waals surface area (Å²) in [4.78, 5) is 21.8. The number of halogens is 1. The molecule has 78 valence electrons. The average molecular weight is 228 g/mol. The molecular weight excluding hydrogens is 222 g/mol. The van der Waals surface area contributed by atoms with E-state index in [1.165, 1.54) is 12.1 Å². The number of fused-ring (bicyclic) bond motifs is 1. The molecule has 1 aromatic heterocycles. The number of hydrogen-bond acceptors (Lipinski definition) is 3. The van der Waals surface area contributed by atoms with Crippen LogP contribution >= 0.6 is 11.6 Å². The van der Waals surface area contributed by atoms with Gasteiger partial charge in [0.05, 0.1) is 10.9 Å². The van der Waals surface area contributed by atoms with E-state index in [-0.39, 0.29) is 0 Å². The maximum absolute atomic E-state index is 11.3. The first kappa shape index (κ1) is 9.79. The number of aliphatic carboxylic acids is 1. The van der Waals surface area contributed by atoms with Gasteiger partial charge < -0.3 is 9.63 Å². The zero-order valence-electron chi connectivity index (χ0n) is 7.44. The van der Waals surface area contributed by atoms with Crippen LogP contribution in [-0.2, 0) is 11.3 Å². The van der Waals surface area contributed by atoms with Gasteiger partial charge in [-0.3, -0.25) is 4.79 Å². The molecule has 0 bridgehead atoms. The van der Waals surface area contributed by atoms with E-state index in [0.29, 0.717) is 15.9 Å². The zero-order chi connectivity index (χ0) is 11.0. The summed E-state index contributed by atoms with van der Waals surface area (Å²) in [5.41, 5.74) is -0.183. The van der Waals surface area contributed by atoms with Gasteiger partial charge in [-0.25, -0.2) is 4.79 Å². The monoisotopic (exact) mass is 227 g/mol. The highest BCUT2D eigenvalue weighted by atomic mass is 35.5. The first-order chi connectivity index (χ1) is 7.08. The number of benzene rings is 1. The highest BCUT2D eigenvalue weighted by Crippen LogP contribution is 2.17. The molecule has 0 radical (unpaired) electrons. The molecule has 0 fully saturated rings. The van der Waals surface area contributed by atoms with E-state index >= 15 is 0 Å². The van der Waals surface area contributed by atoms with E-state index in [9.17, 15) is 9.59 Å². The standard InChI is InChI=1S/C9H6ClNO4/c10-5-1-2-6-7(3-5)11(4-8(12)13)15-9(6)14/h1-3H,4H2,(H,12,13). The highest BCUT2D eigenvalue weighted by molar-refractivity contribution is 6.31. The Balaban J connectivity index is 2.69. The van der Waals surface area contributed by atoms with E-state index in [0.717, 1.165) is 4.74 Å². The molecule has 0 saturated heterocycles. The van der Waals surface area contributed by atoms with Crippen LogP contribution in [-0.4, -0.2) is 15.8 Å². The third-order valence-corrected chi connectivity index (χ3v) is 2.16. The summed E-state index contributed by atoms with van der Waals surface area (Å²) in [7, 11) is 0. The van der Waals surface area contributed by atoms with E-state index < -0.39 is 18.1 Å². The Bertz CT molecular complexity index is 583. The van der Waals surface area contributed by atoms with Crippen molar-refractivity contribution in [2.24, 2.45) is 0 Å². The maximum atomic E-state index is 11.3. The van der Waals surface area contributed by atoms with Crippen molar-refractivity contribution in [1.82, 2.24) is 4.74 Å². The SMILES string of the molecule is O=C(O)Cn1oc(=O)c2ccc(Cl)cc21. The van der Waals surface area contributed by atoms with Crippen molar-refractivity contribution < 1.29 is 14.4 Å². The summed E-state index contributed by atoms with van der Waals surface area (Å²) < 4.78 is 5.76. The number of carboxylic acid groups (broad SMARTS) is 1. The summed E-state index contributed by atoms with van der Waals surface area (Å²) in [6.45, 7) is -0.404. The number of aromatic nitrogens is 1. The van der Waals surface area contributed by atoms with Crippen LogP contribution in [0.1, 0.15) is 0 Å². The van der Waals surface area contributed by atoms with Gasteiger partial charge in [0.15, 0.2) is 6.54 Å². The molecule has 1 aromatic carbocycles. The molecule has 0 aliphatic rings. The average Bonchev–Trinajstić information content (AvgIpc) is 2.42. The summed E-state index contributed by atoms with van der Waals surface area (Å²) in [5.74, 6) is -1.09. The Morgan fingerprint density at radius 2 is 2.27 bits per heavy atom. The van der Waals surface area contributed by atoms with Gasteiger partial charge in [0.25, 0.3) is 0 Å². The van der Waals surface area contributed by atoms with Crippen LogP contribution in [0.4, 0.5) is 0 Å². The van der Waals surface area contributed by atoms with Gasteiger partial charge in [-0.05, 0) is 18.2 Å². The van der Waals surface area contributed by atoms with E-state index in [1.54, 1.807) is 6.07 Å². The third kappa shape index (κ3) is 1.73. The van der Waals surface area contributed by atoms with Crippen LogP contribution < -0.4 is 5.63 Å². The van der Waals surface area contributed by atoms with Crippen LogP contribution in [0.5, 0.6) is 0 Å². The Hall–Kier alpha value is -1.75. The lowest BCUT2D eigenvalue weighted by Gasteiger charge is -1.97. The van der Waals surface area contributed by atoms with Crippen molar-refractivity contribution >= 4 is 28.5 Å². The third-order valence-electron chi connectivity index (χ3n) is 1.92. The summed E-state index contributed by atoms with van der Waals surface area (Å²) in [6.07, 6.45) is 0. The number of nitrogens with zero attached hydrogens (tertiary/aromatic N) is 1. The lowest BCUT2D eigenvalue weighted by molar-refractivity contribution is -0.138. The molecule has 2 aromatic rings. The summed E-state index contributed by atoms with van der Waals surface area (Å²) >= 11 is 5.73. The van der Waals surface area contributed by atoms with Crippen LogP contribution in [0.3, 0.4) is 0 Å². The Morgan fingerprint density at radius 1 is 1.53 bits per heavy atom. The molecule has 0 unspecified atom stereocenters. The molecule has 1 N–H and O–H groups in total. The molecule has 0 aliphatic carbocycles. The minimum Gasteiger partial charge on any atom is -0.480 e. The second kappa shape index (κ2) is 3.43. The Morgan fingerprint density at radius 3 is 2.93 bits per heavy atom. The molecule has 15 heavy (non-hydrogen) atoms. The molecule has 0 saturated carbocycles. The quantitative estimate of drug-likeness (QED) is 0.840. The molecular formula is C9H6ClNO4. The topological polar surface area (TPSA) is 72.4 Å². The lowest BCUT2D eigenvalue weighted by Crippen LogP contribution is -2.07. The first-order valence-electron chi connectivity index (χ1n) is 4.09. The van der Waals surface area contributed by atoms with E-state index in [4.69, 9.17) is 21.2 Å². The fourth-order valence-corrected chi connectivity index (χ4v) is 1.49. The Kier molecular flexibility index (Phi) is 2.24. The fraction of sp³-hybridized carbons (Fsp3) is 0.111. The van der Waals surface area contributed by atoms with Crippen LogP contribution in [0, 0.1) is 0 Å². The van der Waals surface area contributed by atoms with Crippen molar-refractivity contribution in [3.05, 3.63) is 33.6 Å². The second-order valence-electron chi connectivity index (χ2n) is 2.97. The molecule has 0 amide bonds. The van der Waals surface area contributed by atoms with Gasteiger partial charge in [-0.2, -0.15) is 4.74 Å². The normalized spacial score (nSPS) is 10.7. The second-order valence-corrected chi connectivity index (χ2v) is 3.41. The molecule has 1 heterocycles. The van der Waals surface area contributed by atoms with Crippen molar-refractivity contribution in [1.29, 1.82) is 0 Å². The van der Waals surface area contributed by atoms with Crippen LogP contribution in [0.25, 0.3) is 10.9 Å². The first-order valence-corrected chi connectivity index (χ1v) is 4.47. The van der Waals surface area contributed by atoms with E-state index in [2.05, 4.69) is 0 Å². The van der Waals surface area contributed by atoms with Crippen molar-refractivity contribution in [3.8, 4) is 0 Å². The number of rotatable bonds is 2. The smallest absolute Gasteiger partial charge is 0.365 e. The number of carbonyl (C=O) groups is 1. The van der Waals surface area contributed by atoms with E-state index in [1.807, 2.05) is 0 Å². The van der Waals surface area contributed by atoms with Gasteiger partial charge >= 0.3 is 11.6 Å². The van der Waals surface area contributed by atoms with Crippen LogP contribution in [0.2, 0.25) is 5.02 Å². The lowest BCUT2D eigenvalue weighted by atomic mass is 10.2. The Labute approximate surface area is 88.4 Å². The van der Waals surface area contributed by atoms with Crippen LogP contribution in [0.15, 0.2) is 27.5 Å². The predicted octanol–water partition coefficient (Wildman–Crippen LogP) is 1.33. The van der Waals surface area contributed by atoms with Gasteiger partial charge in [0, 0.05) is 5.02 Å². The molecule has 0 aliphatic heterocycles. The van der Waals surface area contributed by atoms with Crippen molar-refractivity contribution in [2.45, 2.75) is 6.54 Å². The van der Waals surface area contributed by atoms with Crippen molar-refractivity contribution in [2.75, 3.05) is 0 Å². The molecule has 5 nitrogen and oxygen atoms in total. The molecule has 2 rings (SSSR count). The minimum atomic E-state index is -1.09. The molecule has 6 heteroatoms. The van der Waals surface area contributed by atoms with Gasteiger partial charge in [-0.15, -0.1) is 0 Å². The fourth-order valence-electron chi connectivity index (χ4n) is 1.32. The van der Waals surface area contributed by atoms with Gasteiger partial charge in [0.2, 0.25) is 0 Å².